The van der Waals surface area contributed by atoms with Crippen molar-refractivity contribution in [3.8, 4) is 0 Å². The van der Waals surface area contributed by atoms with E-state index in [1.54, 1.807) is 4.90 Å². The van der Waals surface area contributed by atoms with Gasteiger partial charge in [0.2, 0.25) is 5.91 Å². The molecule has 1 unspecified atom stereocenters. The van der Waals surface area contributed by atoms with Gasteiger partial charge < -0.3 is 10.0 Å². The molecule has 1 amide bonds. The molecule has 1 aliphatic heterocycles. The van der Waals surface area contributed by atoms with Crippen molar-refractivity contribution in [3.63, 3.8) is 0 Å². The highest BCUT2D eigenvalue weighted by molar-refractivity contribution is 5.97. The Morgan fingerprint density at radius 3 is 2.62 bits per heavy atom. The van der Waals surface area contributed by atoms with Crippen LogP contribution < -0.4 is 0 Å². The molecule has 0 spiro atoms. The Hall–Kier alpha value is -1.06. The van der Waals surface area contributed by atoms with Crippen LogP contribution in [0.4, 0.5) is 0 Å². The molecule has 2 aliphatic rings. The van der Waals surface area contributed by atoms with Gasteiger partial charge in [0.1, 0.15) is 5.92 Å². The Kier molecular flexibility index (Phi) is 1.98. The van der Waals surface area contributed by atoms with Gasteiger partial charge in [-0.05, 0) is 25.7 Å². The smallest absolute Gasteiger partial charge is 0.316 e. The summed E-state index contributed by atoms with van der Waals surface area (Å²) in [4.78, 5) is 24.1. The standard InChI is InChI=1S/C9H13NO3/c11-8-7(9(12)13)2-1-5-10(8)6-3-4-6/h6-7H,1-5H2,(H,12,13). The first-order valence-corrected chi connectivity index (χ1v) is 4.73. The van der Waals surface area contributed by atoms with Gasteiger partial charge in [0.25, 0.3) is 0 Å². The van der Waals surface area contributed by atoms with E-state index in [0.29, 0.717) is 12.5 Å². The maximum absolute atomic E-state index is 11.6. The lowest BCUT2D eigenvalue weighted by molar-refractivity contribution is -0.154. The van der Waals surface area contributed by atoms with Crippen molar-refractivity contribution < 1.29 is 14.7 Å². The summed E-state index contributed by atoms with van der Waals surface area (Å²) in [5.74, 6) is -1.90. The minimum atomic E-state index is -0.963. The number of carboxylic acids is 1. The number of carbonyl (C=O) groups is 2. The molecule has 1 N–H and O–H groups in total. The van der Waals surface area contributed by atoms with E-state index in [0.717, 1.165) is 25.8 Å². The minimum absolute atomic E-state index is 0.166. The zero-order chi connectivity index (χ0) is 9.42. The van der Waals surface area contributed by atoms with Crippen molar-refractivity contribution in [2.45, 2.75) is 31.7 Å². The topological polar surface area (TPSA) is 57.6 Å². The molecule has 1 heterocycles. The Bertz CT molecular complexity index is 247. The Balaban J connectivity index is 2.06. The molecule has 1 saturated carbocycles. The summed E-state index contributed by atoms with van der Waals surface area (Å²) < 4.78 is 0. The van der Waals surface area contributed by atoms with E-state index in [1.807, 2.05) is 0 Å². The predicted octanol–water partition coefficient (Wildman–Crippen LogP) is 0.472. The first kappa shape index (κ1) is 8.53. The largest absolute Gasteiger partial charge is 0.481 e. The number of hydrogen-bond donors (Lipinski definition) is 1. The number of carboxylic acid groups (broad SMARTS) is 1. The fraction of sp³-hybridized carbons (Fsp3) is 0.778. The first-order valence-electron chi connectivity index (χ1n) is 4.73. The van der Waals surface area contributed by atoms with Crippen LogP contribution in [0.15, 0.2) is 0 Å². The van der Waals surface area contributed by atoms with Gasteiger partial charge in [0.15, 0.2) is 0 Å². The molecule has 13 heavy (non-hydrogen) atoms. The minimum Gasteiger partial charge on any atom is -0.481 e. The van der Waals surface area contributed by atoms with E-state index in [2.05, 4.69) is 0 Å². The molecule has 0 aromatic rings. The lowest BCUT2D eigenvalue weighted by Gasteiger charge is -2.30. The van der Waals surface area contributed by atoms with E-state index in [1.165, 1.54) is 0 Å². The number of nitrogens with zero attached hydrogens (tertiary/aromatic N) is 1. The highest BCUT2D eigenvalue weighted by Crippen LogP contribution is 2.31. The second-order valence-electron chi connectivity index (χ2n) is 3.80. The van der Waals surface area contributed by atoms with Crippen molar-refractivity contribution in [1.82, 2.24) is 4.90 Å². The van der Waals surface area contributed by atoms with E-state index >= 15 is 0 Å². The zero-order valence-electron chi connectivity index (χ0n) is 7.40. The van der Waals surface area contributed by atoms with Gasteiger partial charge in [-0.1, -0.05) is 0 Å². The average Bonchev–Trinajstić information content (AvgIpc) is 2.87. The van der Waals surface area contributed by atoms with Crippen LogP contribution >= 0.6 is 0 Å². The van der Waals surface area contributed by atoms with Gasteiger partial charge in [-0.15, -0.1) is 0 Å². The molecular weight excluding hydrogens is 170 g/mol. The number of aliphatic carboxylic acids is 1. The Morgan fingerprint density at radius 2 is 2.08 bits per heavy atom. The summed E-state index contributed by atoms with van der Waals surface area (Å²) in [7, 11) is 0. The normalized spacial score (nSPS) is 29.1. The monoisotopic (exact) mass is 183 g/mol. The van der Waals surface area contributed by atoms with Crippen molar-refractivity contribution in [3.05, 3.63) is 0 Å². The van der Waals surface area contributed by atoms with Gasteiger partial charge in [-0.2, -0.15) is 0 Å². The fourth-order valence-corrected chi connectivity index (χ4v) is 1.88. The molecule has 0 bridgehead atoms. The number of likely N-dealkylation sites (tertiary alicyclic amines) is 1. The zero-order valence-corrected chi connectivity index (χ0v) is 7.40. The summed E-state index contributed by atoms with van der Waals surface area (Å²) in [5, 5.41) is 8.78. The van der Waals surface area contributed by atoms with Crippen LogP contribution in [-0.2, 0) is 9.59 Å². The molecule has 1 aliphatic carbocycles. The summed E-state index contributed by atoms with van der Waals surface area (Å²) >= 11 is 0. The van der Waals surface area contributed by atoms with E-state index in [9.17, 15) is 9.59 Å². The molecule has 1 atom stereocenters. The molecule has 2 rings (SSSR count). The second kappa shape index (κ2) is 3.01. The number of amides is 1. The van der Waals surface area contributed by atoms with Gasteiger partial charge in [0.05, 0.1) is 0 Å². The van der Waals surface area contributed by atoms with Gasteiger partial charge in [-0.25, -0.2) is 0 Å². The SMILES string of the molecule is O=C(O)C1CCCN(C2CC2)C1=O. The number of hydrogen-bond acceptors (Lipinski definition) is 2. The molecule has 4 heteroatoms. The van der Waals surface area contributed by atoms with Gasteiger partial charge in [0, 0.05) is 12.6 Å². The summed E-state index contributed by atoms with van der Waals surface area (Å²) in [6, 6.07) is 0.356. The maximum atomic E-state index is 11.6. The lowest BCUT2D eigenvalue weighted by atomic mass is 9.97. The van der Waals surface area contributed by atoms with Crippen molar-refractivity contribution in [1.29, 1.82) is 0 Å². The molecule has 2 fully saturated rings. The van der Waals surface area contributed by atoms with E-state index in [4.69, 9.17) is 5.11 Å². The van der Waals surface area contributed by atoms with Crippen molar-refractivity contribution in [2.75, 3.05) is 6.54 Å². The number of rotatable bonds is 2. The Morgan fingerprint density at radius 1 is 1.38 bits per heavy atom. The molecule has 0 radical (unpaired) electrons. The van der Waals surface area contributed by atoms with E-state index < -0.39 is 11.9 Å². The van der Waals surface area contributed by atoms with Crippen LogP contribution in [0, 0.1) is 5.92 Å². The Labute approximate surface area is 76.5 Å². The summed E-state index contributed by atoms with van der Waals surface area (Å²) in [5.41, 5.74) is 0. The first-order chi connectivity index (χ1) is 6.20. The highest BCUT2D eigenvalue weighted by Gasteiger charge is 2.40. The van der Waals surface area contributed by atoms with Crippen molar-refractivity contribution >= 4 is 11.9 Å². The number of piperidine rings is 1. The molecule has 0 aromatic carbocycles. The number of carbonyl (C=O) groups excluding carboxylic acids is 1. The maximum Gasteiger partial charge on any atom is 0.316 e. The molecule has 0 aromatic heterocycles. The average molecular weight is 183 g/mol. The summed E-state index contributed by atoms with van der Waals surface area (Å²) in [6.45, 7) is 0.757. The quantitative estimate of drug-likeness (QED) is 0.633. The third-order valence-corrected chi connectivity index (χ3v) is 2.76. The van der Waals surface area contributed by atoms with Crippen LogP contribution in [0.25, 0.3) is 0 Å². The van der Waals surface area contributed by atoms with Crippen LogP contribution in [0.3, 0.4) is 0 Å². The third-order valence-electron chi connectivity index (χ3n) is 2.76. The second-order valence-corrected chi connectivity index (χ2v) is 3.80. The highest BCUT2D eigenvalue weighted by atomic mass is 16.4. The predicted molar refractivity (Wildman–Crippen MR) is 45.1 cm³/mol. The van der Waals surface area contributed by atoms with Crippen LogP contribution in [0.1, 0.15) is 25.7 Å². The lowest BCUT2D eigenvalue weighted by Crippen LogP contribution is -2.45. The fourth-order valence-electron chi connectivity index (χ4n) is 1.88. The van der Waals surface area contributed by atoms with Gasteiger partial charge in [-0.3, -0.25) is 9.59 Å². The third kappa shape index (κ3) is 1.53. The van der Waals surface area contributed by atoms with Crippen molar-refractivity contribution in [2.24, 2.45) is 5.92 Å². The van der Waals surface area contributed by atoms with Crippen LogP contribution in [0.2, 0.25) is 0 Å². The van der Waals surface area contributed by atoms with Gasteiger partial charge >= 0.3 is 5.97 Å². The molecule has 4 nitrogen and oxygen atoms in total. The van der Waals surface area contributed by atoms with Crippen LogP contribution in [0.5, 0.6) is 0 Å². The van der Waals surface area contributed by atoms with E-state index in [-0.39, 0.29) is 5.91 Å². The summed E-state index contributed by atoms with van der Waals surface area (Å²) in [6.07, 6.45) is 3.45. The molecule has 1 saturated heterocycles. The molecular formula is C9H13NO3. The van der Waals surface area contributed by atoms with Crippen LogP contribution in [-0.4, -0.2) is 34.5 Å². The molecule has 72 valence electrons.